The number of carboxylic acids is 1. The van der Waals surface area contributed by atoms with E-state index >= 15 is 0 Å². The maximum Gasteiger partial charge on any atom is 0.417 e. The van der Waals surface area contributed by atoms with Crippen molar-refractivity contribution in [3.63, 3.8) is 0 Å². The number of fused-ring (bicyclic) bond motifs is 2. The number of aliphatic carboxylic acids is 1. The minimum absolute atomic E-state index is 0.0238. The molecule has 7 nitrogen and oxygen atoms in total. The lowest BCUT2D eigenvalue weighted by Gasteiger charge is -2.20. The summed E-state index contributed by atoms with van der Waals surface area (Å²) in [5.74, 6) is -0.146. The van der Waals surface area contributed by atoms with Crippen LogP contribution in [0, 0.1) is 0 Å². The van der Waals surface area contributed by atoms with Gasteiger partial charge in [-0.05, 0) is 59.4 Å². The molecule has 0 spiro atoms. The van der Waals surface area contributed by atoms with Gasteiger partial charge >= 0.3 is 12.1 Å². The van der Waals surface area contributed by atoms with Crippen molar-refractivity contribution in [2.45, 2.75) is 57.7 Å². The van der Waals surface area contributed by atoms with Crippen molar-refractivity contribution >= 4 is 22.7 Å². The molecule has 0 aliphatic rings. The Hall–Kier alpha value is -4.34. The summed E-state index contributed by atoms with van der Waals surface area (Å²) >= 11 is 0. The van der Waals surface area contributed by atoms with Gasteiger partial charge in [0.25, 0.3) is 0 Å². The standard InChI is InChI=1S/C30H28F3N3O4/c1-29(2,3)19-5-9-22(10-6-19)39-25(28(37)38)15-18-4-11-24-23(14-18)35-27(40-24)13-8-21-17-36-16-20(30(31,32)33)7-12-26(36)34-21/h4-7,9-12,14,16-17,25H,8,13,15H2,1-3H3,(H,37,38)/t25-/m0/s1. The van der Waals surface area contributed by atoms with Crippen molar-refractivity contribution < 1.29 is 32.2 Å². The molecule has 0 unspecified atom stereocenters. The Bertz CT molecular complexity index is 1660. The van der Waals surface area contributed by atoms with E-state index in [1.165, 1.54) is 10.5 Å². The van der Waals surface area contributed by atoms with E-state index in [2.05, 4.69) is 30.7 Å². The molecule has 5 aromatic rings. The predicted molar refractivity (Wildman–Crippen MR) is 143 cm³/mol. The first-order chi connectivity index (χ1) is 18.8. The number of hydrogen-bond donors (Lipinski definition) is 1. The van der Waals surface area contributed by atoms with Crippen molar-refractivity contribution in [2.75, 3.05) is 0 Å². The maximum absolute atomic E-state index is 13.0. The molecular weight excluding hydrogens is 523 g/mol. The molecule has 40 heavy (non-hydrogen) atoms. The first-order valence-electron chi connectivity index (χ1n) is 12.8. The molecule has 1 atom stereocenters. The van der Waals surface area contributed by atoms with Gasteiger partial charge in [0.15, 0.2) is 17.6 Å². The second-order valence-corrected chi connectivity index (χ2v) is 10.7. The van der Waals surface area contributed by atoms with Crippen LogP contribution in [0.1, 0.15) is 49.0 Å². The molecule has 0 saturated heterocycles. The summed E-state index contributed by atoms with van der Waals surface area (Å²) in [6.45, 7) is 6.30. The first kappa shape index (κ1) is 27.2. The van der Waals surface area contributed by atoms with Gasteiger partial charge in [0.05, 0.1) is 11.3 Å². The number of carboxylic acid groups (broad SMARTS) is 1. The topological polar surface area (TPSA) is 89.9 Å². The fourth-order valence-corrected chi connectivity index (χ4v) is 4.41. The minimum atomic E-state index is -4.43. The Kier molecular flexibility index (Phi) is 7.03. The monoisotopic (exact) mass is 551 g/mol. The van der Waals surface area contributed by atoms with Gasteiger partial charge in [0.1, 0.15) is 16.9 Å². The van der Waals surface area contributed by atoms with Crippen LogP contribution in [-0.2, 0) is 35.6 Å². The van der Waals surface area contributed by atoms with Crippen LogP contribution in [0.25, 0.3) is 16.7 Å². The van der Waals surface area contributed by atoms with Crippen molar-refractivity contribution in [3.05, 3.63) is 95.3 Å². The van der Waals surface area contributed by atoms with Gasteiger partial charge in [-0.2, -0.15) is 13.2 Å². The summed E-state index contributed by atoms with van der Waals surface area (Å²) in [5, 5.41) is 9.76. The van der Waals surface area contributed by atoms with Crippen molar-refractivity contribution in [3.8, 4) is 5.75 Å². The molecule has 2 aromatic carbocycles. The number of imidazole rings is 1. The number of oxazole rings is 1. The van der Waals surface area contributed by atoms with Crippen LogP contribution in [-0.4, -0.2) is 31.5 Å². The highest BCUT2D eigenvalue weighted by Gasteiger charge is 2.31. The highest BCUT2D eigenvalue weighted by Crippen LogP contribution is 2.29. The van der Waals surface area contributed by atoms with Gasteiger partial charge in [0.2, 0.25) is 0 Å². The van der Waals surface area contributed by atoms with Gasteiger partial charge in [-0.15, -0.1) is 0 Å². The number of rotatable bonds is 8. The number of aryl methyl sites for hydroxylation is 2. The van der Waals surface area contributed by atoms with Crippen molar-refractivity contribution in [1.29, 1.82) is 0 Å². The molecular formula is C30H28F3N3O4. The number of nitrogens with zero attached hydrogens (tertiary/aromatic N) is 3. The average molecular weight is 552 g/mol. The summed E-state index contributed by atoms with van der Waals surface area (Å²) < 4.78 is 51.9. The molecule has 0 fully saturated rings. The largest absolute Gasteiger partial charge is 0.478 e. The number of halogens is 3. The smallest absolute Gasteiger partial charge is 0.417 e. The number of benzene rings is 2. The van der Waals surface area contributed by atoms with Crippen LogP contribution in [0.4, 0.5) is 13.2 Å². The second-order valence-electron chi connectivity index (χ2n) is 10.7. The second kappa shape index (κ2) is 10.3. The van der Waals surface area contributed by atoms with Crippen LogP contribution >= 0.6 is 0 Å². The van der Waals surface area contributed by atoms with Crippen molar-refractivity contribution in [1.82, 2.24) is 14.4 Å². The van der Waals surface area contributed by atoms with E-state index in [1.807, 2.05) is 12.1 Å². The lowest BCUT2D eigenvalue weighted by Crippen LogP contribution is -2.29. The van der Waals surface area contributed by atoms with E-state index in [9.17, 15) is 23.1 Å². The van der Waals surface area contributed by atoms with Crippen LogP contribution in [0.5, 0.6) is 5.75 Å². The molecule has 0 saturated carbocycles. The van der Waals surface area contributed by atoms with E-state index in [4.69, 9.17) is 9.15 Å². The molecule has 0 aliphatic heterocycles. The van der Waals surface area contributed by atoms with Crippen LogP contribution in [0.15, 0.2) is 71.4 Å². The van der Waals surface area contributed by atoms with Gasteiger partial charge in [-0.3, -0.25) is 0 Å². The molecule has 10 heteroatoms. The number of aromatic nitrogens is 3. The van der Waals surface area contributed by atoms with Gasteiger partial charge in [-0.1, -0.05) is 39.0 Å². The Balaban J connectivity index is 1.26. The van der Waals surface area contributed by atoms with E-state index in [-0.39, 0.29) is 11.8 Å². The highest BCUT2D eigenvalue weighted by atomic mass is 19.4. The quantitative estimate of drug-likeness (QED) is 0.232. The number of carbonyl (C=O) groups is 1. The molecule has 1 N–H and O–H groups in total. The third-order valence-corrected chi connectivity index (χ3v) is 6.61. The van der Waals surface area contributed by atoms with E-state index < -0.39 is 23.8 Å². The van der Waals surface area contributed by atoms with Gasteiger partial charge in [-0.25, -0.2) is 14.8 Å². The number of hydrogen-bond acceptors (Lipinski definition) is 5. The lowest BCUT2D eigenvalue weighted by atomic mass is 9.87. The zero-order chi connectivity index (χ0) is 28.7. The number of pyridine rings is 1. The van der Waals surface area contributed by atoms with E-state index in [1.54, 1.807) is 36.5 Å². The van der Waals surface area contributed by atoms with Crippen LogP contribution in [0.2, 0.25) is 0 Å². The summed E-state index contributed by atoms with van der Waals surface area (Å²) in [4.78, 5) is 20.8. The van der Waals surface area contributed by atoms with Gasteiger partial charge < -0.3 is 18.7 Å². The zero-order valence-electron chi connectivity index (χ0n) is 22.2. The average Bonchev–Trinajstić information content (AvgIpc) is 3.48. The molecule has 3 heterocycles. The molecule has 0 aliphatic carbocycles. The Morgan fingerprint density at radius 1 is 0.975 bits per heavy atom. The van der Waals surface area contributed by atoms with Gasteiger partial charge in [0, 0.05) is 25.2 Å². The molecule has 0 bridgehead atoms. The van der Waals surface area contributed by atoms with Crippen LogP contribution in [0.3, 0.4) is 0 Å². The molecule has 0 amide bonds. The first-order valence-corrected chi connectivity index (χ1v) is 12.8. The number of alkyl halides is 3. The van der Waals surface area contributed by atoms with E-state index in [0.717, 1.165) is 23.4 Å². The fourth-order valence-electron chi connectivity index (χ4n) is 4.41. The highest BCUT2D eigenvalue weighted by molar-refractivity contribution is 5.75. The zero-order valence-corrected chi connectivity index (χ0v) is 22.2. The fraction of sp³-hybridized carbons (Fsp3) is 0.300. The Labute approximate surface area is 228 Å². The third kappa shape index (κ3) is 6.11. The number of ether oxygens (including phenoxy) is 1. The summed E-state index contributed by atoms with van der Waals surface area (Å²) in [6.07, 6.45) is -1.98. The van der Waals surface area contributed by atoms with Crippen molar-refractivity contribution in [2.24, 2.45) is 0 Å². The SMILES string of the molecule is CC(C)(C)c1ccc(O[C@@H](Cc2ccc3oc(CCc4cn5cc(C(F)(F)F)ccc5n4)nc3c2)C(=O)O)cc1. The summed E-state index contributed by atoms with van der Waals surface area (Å²) in [6, 6.07) is 15.1. The maximum atomic E-state index is 13.0. The molecule has 5 rings (SSSR count). The Morgan fingerprint density at radius 2 is 1.70 bits per heavy atom. The van der Waals surface area contributed by atoms with Crippen LogP contribution < -0.4 is 4.74 Å². The predicted octanol–water partition coefficient (Wildman–Crippen LogP) is 6.65. The summed E-state index contributed by atoms with van der Waals surface area (Å²) in [5.41, 5.74) is 3.24. The summed E-state index contributed by atoms with van der Waals surface area (Å²) in [7, 11) is 0. The molecule has 3 aromatic heterocycles. The normalized spacial score (nSPS) is 13.2. The Morgan fingerprint density at radius 3 is 2.38 bits per heavy atom. The van der Waals surface area contributed by atoms with E-state index in [0.29, 0.717) is 46.9 Å². The molecule has 0 radical (unpaired) electrons. The lowest BCUT2D eigenvalue weighted by molar-refractivity contribution is -0.145. The molecule has 208 valence electrons. The third-order valence-electron chi connectivity index (χ3n) is 6.61. The minimum Gasteiger partial charge on any atom is -0.478 e.